The summed E-state index contributed by atoms with van der Waals surface area (Å²) in [5, 5.41) is 13.3. The summed E-state index contributed by atoms with van der Waals surface area (Å²) in [7, 11) is 3.67. The van der Waals surface area contributed by atoms with E-state index in [1.807, 2.05) is 44.4 Å². The fourth-order valence-electron chi connectivity index (χ4n) is 1.71. The molecule has 0 saturated heterocycles. The van der Waals surface area contributed by atoms with Gasteiger partial charge < -0.3 is 10.6 Å². The molecule has 0 unspecified atom stereocenters. The molecule has 2 rings (SSSR count). The van der Waals surface area contributed by atoms with Crippen LogP contribution in [0.25, 0.3) is 5.69 Å². The first-order valence-corrected chi connectivity index (χ1v) is 5.16. The Morgan fingerprint density at radius 2 is 1.94 bits per heavy atom. The lowest BCUT2D eigenvalue weighted by Crippen LogP contribution is -2.12. The van der Waals surface area contributed by atoms with Crippen molar-refractivity contribution in [1.29, 1.82) is 5.26 Å². The molecule has 0 fully saturated rings. The third-order valence-electron chi connectivity index (χ3n) is 2.45. The van der Waals surface area contributed by atoms with Gasteiger partial charge in [0.05, 0.1) is 5.69 Å². The maximum atomic E-state index is 9.04. The van der Waals surface area contributed by atoms with E-state index in [2.05, 4.69) is 11.2 Å². The van der Waals surface area contributed by atoms with Crippen LogP contribution in [0.4, 0.5) is 11.5 Å². The third kappa shape index (κ3) is 1.81. The molecule has 86 valence electrons. The number of nitriles is 1. The highest BCUT2D eigenvalue weighted by molar-refractivity contribution is 5.71. The number of hydrogen-bond acceptors (Lipinski definition) is 4. The van der Waals surface area contributed by atoms with Gasteiger partial charge in [0.1, 0.15) is 11.8 Å². The second kappa shape index (κ2) is 4.18. The molecule has 17 heavy (non-hydrogen) atoms. The van der Waals surface area contributed by atoms with Gasteiger partial charge in [-0.2, -0.15) is 10.4 Å². The number of rotatable bonds is 2. The zero-order valence-corrected chi connectivity index (χ0v) is 9.75. The lowest BCUT2D eigenvalue weighted by atomic mass is 10.3. The lowest BCUT2D eigenvalue weighted by Gasteiger charge is -2.11. The third-order valence-corrected chi connectivity index (χ3v) is 2.45. The van der Waals surface area contributed by atoms with Gasteiger partial charge in [0.25, 0.3) is 0 Å². The van der Waals surface area contributed by atoms with Gasteiger partial charge in [-0.05, 0) is 12.1 Å². The molecule has 0 atom stereocenters. The van der Waals surface area contributed by atoms with E-state index in [0.29, 0.717) is 17.2 Å². The van der Waals surface area contributed by atoms with Gasteiger partial charge in [0.15, 0.2) is 11.5 Å². The molecule has 0 aliphatic carbocycles. The number of nitrogen functional groups attached to an aromatic ring is 1. The minimum absolute atomic E-state index is 0.330. The summed E-state index contributed by atoms with van der Waals surface area (Å²) in [5.74, 6) is 0.470. The van der Waals surface area contributed by atoms with Crippen molar-refractivity contribution in [3.8, 4) is 11.8 Å². The molecule has 0 bridgehead atoms. The summed E-state index contributed by atoms with van der Waals surface area (Å²) < 4.78 is 1.58. The molecule has 0 aliphatic heterocycles. The smallest absolute Gasteiger partial charge is 0.188 e. The molecule has 1 heterocycles. The molecule has 0 saturated carbocycles. The van der Waals surface area contributed by atoms with Gasteiger partial charge in [0, 0.05) is 14.1 Å². The van der Waals surface area contributed by atoms with Crippen LogP contribution in [-0.2, 0) is 0 Å². The van der Waals surface area contributed by atoms with Crippen LogP contribution in [0.15, 0.2) is 30.3 Å². The van der Waals surface area contributed by atoms with E-state index < -0.39 is 0 Å². The van der Waals surface area contributed by atoms with Crippen molar-refractivity contribution in [2.75, 3.05) is 24.7 Å². The van der Waals surface area contributed by atoms with Crippen LogP contribution in [0.1, 0.15) is 5.69 Å². The Morgan fingerprint density at radius 3 is 2.41 bits per heavy atom. The molecule has 2 aromatic rings. The highest BCUT2D eigenvalue weighted by atomic mass is 15.3. The monoisotopic (exact) mass is 227 g/mol. The van der Waals surface area contributed by atoms with Gasteiger partial charge in [0.2, 0.25) is 0 Å². The Bertz CT molecular complexity index is 563. The number of para-hydroxylation sites is 1. The van der Waals surface area contributed by atoms with Gasteiger partial charge in [-0.1, -0.05) is 18.2 Å². The lowest BCUT2D eigenvalue weighted by molar-refractivity contribution is 0.883. The predicted molar refractivity (Wildman–Crippen MR) is 67.0 cm³/mol. The van der Waals surface area contributed by atoms with Crippen molar-refractivity contribution in [3.05, 3.63) is 36.0 Å². The minimum Gasteiger partial charge on any atom is -0.382 e. The van der Waals surface area contributed by atoms with Gasteiger partial charge in [-0.25, -0.2) is 4.68 Å². The Kier molecular flexibility index (Phi) is 2.71. The number of anilines is 2. The zero-order valence-electron chi connectivity index (χ0n) is 9.75. The molecule has 2 N–H and O–H groups in total. The van der Waals surface area contributed by atoms with Crippen LogP contribution in [0, 0.1) is 11.3 Å². The van der Waals surface area contributed by atoms with Crippen LogP contribution >= 0.6 is 0 Å². The number of nitrogens with two attached hydrogens (primary N) is 1. The summed E-state index contributed by atoms with van der Waals surface area (Å²) in [4.78, 5) is 1.79. The average molecular weight is 227 g/mol. The first-order chi connectivity index (χ1) is 8.15. The number of aromatic nitrogens is 2. The van der Waals surface area contributed by atoms with Gasteiger partial charge >= 0.3 is 0 Å². The summed E-state index contributed by atoms with van der Waals surface area (Å²) in [6, 6.07) is 11.6. The molecule has 1 aromatic carbocycles. The summed E-state index contributed by atoms with van der Waals surface area (Å²) in [6.45, 7) is 0. The van der Waals surface area contributed by atoms with Crippen molar-refractivity contribution in [2.45, 2.75) is 0 Å². The van der Waals surface area contributed by atoms with Crippen molar-refractivity contribution < 1.29 is 0 Å². The molecule has 1 aromatic heterocycles. The van der Waals surface area contributed by atoms with E-state index in [4.69, 9.17) is 11.0 Å². The zero-order chi connectivity index (χ0) is 12.4. The normalized spacial score (nSPS) is 9.94. The van der Waals surface area contributed by atoms with E-state index in [1.165, 1.54) is 0 Å². The summed E-state index contributed by atoms with van der Waals surface area (Å²) in [5.41, 5.74) is 7.84. The van der Waals surface area contributed by atoms with Crippen LogP contribution in [0.5, 0.6) is 0 Å². The van der Waals surface area contributed by atoms with Crippen LogP contribution < -0.4 is 10.6 Å². The maximum absolute atomic E-state index is 9.04. The van der Waals surface area contributed by atoms with Crippen LogP contribution in [-0.4, -0.2) is 23.9 Å². The minimum atomic E-state index is 0.330. The van der Waals surface area contributed by atoms with Gasteiger partial charge in [-0.15, -0.1) is 0 Å². The standard InChI is InChI=1S/C12H13N5/c1-16(2)11-10(8-13)15-17(12(11)14)9-6-4-3-5-7-9/h3-7H,14H2,1-2H3. The molecule has 5 nitrogen and oxygen atoms in total. The number of nitrogens with zero attached hydrogens (tertiary/aromatic N) is 4. The fourth-order valence-corrected chi connectivity index (χ4v) is 1.71. The Morgan fingerprint density at radius 1 is 1.29 bits per heavy atom. The molecule has 5 heteroatoms. The predicted octanol–water partition coefficient (Wildman–Crippen LogP) is 1.39. The molecular formula is C12H13N5. The van der Waals surface area contributed by atoms with Gasteiger partial charge in [-0.3, -0.25) is 0 Å². The Hall–Kier alpha value is -2.48. The van der Waals surface area contributed by atoms with E-state index in [9.17, 15) is 0 Å². The first kappa shape index (κ1) is 11.0. The molecule has 0 aliphatic rings. The molecular weight excluding hydrogens is 214 g/mol. The molecule has 0 spiro atoms. The Labute approximate surface area is 99.7 Å². The fraction of sp³-hybridized carbons (Fsp3) is 0.167. The maximum Gasteiger partial charge on any atom is 0.188 e. The highest BCUT2D eigenvalue weighted by Crippen LogP contribution is 2.27. The average Bonchev–Trinajstić information content (AvgIpc) is 2.67. The molecule has 0 radical (unpaired) electrons. The first-order valence-electron chi connectivity index (χ1n) is 5.16. The van der Waals surface area contributed by atoms with Crippen molar-refractivity contribution in [2.24, 2.45) is 0 Å². The second-order valence-electron chi connectivity index (χ2n) is 3.84. The number of benzene rings is 1. The van der Waals surface area contributed by atoms with Crippen molar-refractivity contribution >= 4 is 11.5 Å². The highest BCUT2D eigenvalue weighted by Gasteiger charge is 2.17. The molecule has 0 amide bonds. The topological polar surface area (TPSA) is 70.9 Å². The van der Waals surface area contributed by atoms with E-state index in [-0.39, 0.29) is 0 Å². The van der Waals surface area contributed by atoms with E-state index in [1.54, 1.807) is 9.58 Å². The number of hydrogen-bond donors (Lipinski definition) is 1. The summed E-state index contributed by atoms with van der Waals surface area (Å²) >= 11 is 0. The largest absolute Gasteiger partial charge is 0.382 e. The summed E-state index contributed by atoms with van der Waals surface area (Å²) in [6.07, 6.45) is 0. The van der Waals surface area contributed by atoms with Crippen LogP contribution in [0.3, 0.4) is 0 Å². The van der Waals surface area contributed by atoms with Crippen LogP contribution in [0.2, 0.25) is 0 Å². The van der Waals surface area contributed by atoms with Crippen molar-refractivity contribution in [1.82, 2.24) is 9.78 Å². The van der Waals surface area contributed by atoms with Crippen molar-refractivity contribution in [3.63, 3.8) is 0 Å². The quantitative estimate of drug-likeness (QED) is 0.841. The Balaban J connectivity index is 2.63. The van der Waals surface area contributed by atoms with E-state index >= 15 is 0 Å². The SMILES string of the molecule is CN(C)c1c(C#N)nn(-c2ccccc2)c1N. The van der Waals surface area contributed by atoms with E-state index in [0.717, 1.165) is 5.69 Å². The second-order valence-corrected chi connectivity index (χ2v) is 3.84.